The van der Waals surface area contributed by atoms with Crippen molar-refractivity contribution < 1.29 is 8.94 Å². The first-order valence-electron chi connectivity index (χ1n) is 9.94. The minimum absolute atomic E-state index is 0.187. The van der Waals surface area contributed by atoms with Gasteiger partial charge in [0.2, 0.25) is 17.6 Å². The van der Waals surface area contributed by atoms with E-state index in [4.69, 9.17) is 25.5 Å². The molecule has 3 heterocycles. The van der Waals surface area contributed by atoms with Crippen LogP contribution in [0.4, 0.5) is 0 Å². The number of halogens is 1. The predicted octanol–water partition coefficient (Wildman–Crippen LogP) is 5.30. The maximum Gasteiger partial charge on any atom is 0.228 e. The number of likely N-dealkylation sites (tertiary alicyclic amines) is 1. The summed E-state index contributed by atoms with van der Waals surface area (Å²) in [5.74, 6) is 1.99. The largest absolute Gasteiger partial charge is 0.439 e. The fraction of sp³-hybridized carbons (Fsp3) is 0.318. The van der Waals surface area contributed by atoms with E-state index < -0.39 is 0 Å². The summed E-state index contributed by atoms with van der Waals surface area (Å²) in [5, 5.41) is 4.76. The van der Waals surface area contributed by atoms with Gasteiger partial charge in [-0.05, 0) is 43.7 Å². The van der Waals surface area contributed by atoms with Crippen LogP contribution in [-0.4, -0.2) is 33.1 Å². The maximum absolute atomic E-state index is 6.06. The normalized spacial score (nSPS) is 17.8. The van der Waals surface area contributed by atoms with Crippen LogP contribution in [0.1, 0.15) is 37.1 Å². The molecular formula is C22H21ClN4O2. The highest BCUT2D eigenvalue weighted by molar-refractivity contribution is 6.30. The molecule has 0 amide bonds. The molecule has 1 aliphatic rings. The Balaban J connectivity index is 1.30. The van der Waals surface area contributed by atoms with Crippen molar-refractivity contribution in [2.45, 2.75) is 31.7 Å². The quantitative estimate of drug-likeness (QED) is 0.446. The number of oxazole rings is 1. The van der Waals surface area contributed by atoms with Crippen LogP contribution in [0, 0.1) is 0 Å². The highest BCUT2D eigenvalue weighted by Gasteiger charge is 2.28. The number of piperidine rings is 1. The first-order valence-corrected chi connectivity index (χ1v) is 10.3. The SMILES string of the molecule is Clc1cccc(-c2noc(CCN3CCCCC3c3nc4ccccc4o3)n2)c1. The summed E-state index contributed by atoms with van der Waals surface area (Å²) in [6.07, 6.45) is 4.09. The van der Waals surface area contributed by atoms with E-state index in [-0.39, 0.29) is 6.04 Å². The van der Waals surface area contributed by atoms with E-state index in [1.54, 1.807) is 0 Å². The molecule has 0 radical (unpaired) electrons. The molecule has 1 aliphatic heterocycles. The lowest BCUT2D eigenvalue weighted by Crippen LogP contribution is -2.35. The van der Waals surface area contributed by atoms with Crippen molar-refractivity contribution in [3.63, 3.8) is 0 Å². The first kappa shape index (κ1) is 18.3. The molecule has 2 aromatic heterocycles. The van der Waals surface area contributed by atoms with Crippen molar-refractivity contribution in [3.8, 4) is 11.4 Å². The molecule has 0 bridgehead atoms. The Labute approximate surface area is 173 Å². The minimum Gasteiger partial charge on any atom is -0.439 e. The van der Waals surface area contributed by atoms with Crippen LogP contribution >= 0.6 is 11.6 Å². The van der Waals surface area contributed by atoms with E-state index in [0.717, 1.165) is 42.1 Å². The van der Waals surface area contributed by atoms with Crippen molar-refractivity contribution in [1.29, 1.82) is 0 Å². The molecule has 1 unspecified atom stereocenters. The van der Waals surface area contributed by atoms with Gasteiger partial charge in [-0.25, -0.2) is 4.98 Å². The molecule has 1 fully saturated rings. The van der Waals surface area contributed by atoms with Gasteiger partial charge >= 0.3 is 0 Å². The van der Waals surface area contributed by atoms with Crippen LogP contribution in [0.5, 0.6) is 0 Å². The van der Waals surface area contributed by atoms with Gasteiger partial charge in [-0.2, -0.15) is 4.98 Å². The molecule has 1 saturated heterocycles. The van der Waals surface area contributed by atoms with Gasteiger partial charge in [-0.3, -0.25) is 4.90 Å². The predicted molar refractivity (Wildman–Crippen MR) is 111 cm³/mol. The lowest BCUT2D eigenvalue weighted by atomic mass is 10.0. The van der Waals surface area contributed by atoms with Crippen LogP contribution in [0.25, 0.3) is 22.5 Å². The Bertz CT molecular complexity index is 1090. The van der Waals surface area contributed by atoms with Gasteiger partial charge in [0.05, 0.1) is 6.04 Å². The third kappa shape index (κ3) is 3.91. The summed E-state index contributed by atoms with van der Waals surface area (Å²) in [7, 11) is 0. The highest BCUT2D eigenvalue weighted by atomic mass is 35.5. The Morgan fingerprint density at radius 3 is 2.90 bits per heavy atom. The fourth-order valence-corrected chi connectivity index (χ4v) is 4.10. The summed E-state index contributed by atoms with van der Waals surface area (Å²) >= 11 is 6.06. The summed E-state index contributed by atoms with van der Waals surface area (Å²) in [4.78, 5) is 11.7. The third-order valence-electron chi connectivity index (χ3n) is 5.37. The Hall–Kier alpha value is -2.70. The second kappa shape index (κ2) is 7.97. The molecule has 7 heteroatoms. The second-order valence-electron chi connectivity index (χ2n) is 7.34. The molecule has 29 heavy (non-hydrogen) atoms. The second-order valence-corrected chi connectivity index (χ2v) is 7.78. The molecule has 0 saturated carbocycles. The van der Waals surface area contributed by atoms with Gasteiger partial charge in [-0.15, -0.1) is 0 Å². The lowest BCUT2D eigenvalue weighted by molar-refractivity contribution is 0.125. The number of hydrogen-bond acceptors (Lipinski definition) is 6. The van der Waals surface area contributed by atoms with Crippen molar-refractivity contribution in [2.75, 3.05) is 13.1 Å². The van der Waals surface area contributed by atoms with Gasteiger partial charge < -0.3 is 8.94 Å². The van der Waals surface area contributed by atoms with Crippen molar-refractivity contribution in [3.05, 3.63) is 65.3 Å². The molecular weight excluding hydrogens is 388 g/mol. The number of hydrogen-bond donors (Lipinski definition) is 0. The number of nitrogens with zero attached hydrogens (tertiary/aromatic N) is 4. The summed E-state index contributed by atoms with van der Waals surface area (Å²) < 4.78 is 11.5. The molecule has 6 nitrogen and oxygen atoms in total. The van der Waals surface area contributed by atoms with Gasteiger partial charge in [0.1, 0.15) is 5.52 Å². The number of para-hydroxylation sites is 2. The van der Waals surface area contributed by atoms with E-state index >= 15 is 0 Å². The molecule has 0 spiro atoms. The van der Waals surface area contributed by atoms with E-state index in [2.05, 4.69) is 15.0 Å². The van der Waals surface area contributed by atoms with E-state index in [1.807, 2.05) is 48.5 Å². The van der Waals surface area contributed by atoms with E-state index in [1.165, 1.54) is 12.8 Å². The standard InChI is InChI=1S/C22H21ClN4O2/c23-16-7-5-6-15(14-16)21-25-20(29-26-21)11-13-27-12-4-3-9-18(27)22-24-17-8-1-2-10-19(17)28-22/h1-2,5-8,10,14,18H,3-4,9,11-13H2. The smallest absolute Gasteiger partial charge is 0.228 e. The molecule has 148 valence electrons. The minimum atomic E-state index is 0.187. The average molecular weight is 409 g/mol. The van der Waals surface area contributed by atoms with Crippen LogP contribution in [0.2, 0.25) is 5.02 Å². The number of rotatable bonds is 5. The number of benzene rings is 2. The Morgan fingerprint density at radius 1 is 1.07 bits per heavy atom. The molecule has 2 aromatic carbocycles. The number of aromatic nitrogens is 3. The van der Waals surface area contributed by atoms with Crippen LogP contribution in [-0.2, 0) is 6.42 Å². The van der Waals surface area contributed by atoms with Crippen LogP contribution in [0.15, 0.2) is 57.5 Å². The van der Waals surface area contributed by atoms with Gasteiger partial charge in [0.15, 0.2) is 5.58 Å². The zero-order chi connectivity index (χ0) is 19.6. The monoisotopic (exact) mass is 408 g/mol. The fourth-order valence-electron chi connectivity index (χ4n) is 3.91. The highest BCUT2D eigenvalue weighted by Crippen LogP contribution is 2.32. The van der Waals surface area contributed by atoms with Gasteiger partial charge in [-0.1, -0.05) is 47.4 Å². The van der Waals surface area contributed by atoms with E-state index in [0.29, 0.717) is 23.2 Å². The maximum atomic E-state index is 6.06. The molecule has 4 aromatic rings. The van der Waals surface area contributed by atoms with Crippen molar-refractivity contribution >= 4 is 22.7 Å². The van der Waals surface area contributed by atoms with Gasteiger partial charge in [0, 0.05) is 23.6 Å². The third-order valence-corrected chi connectivity index (χ3v) is 5.61. The Kier molecular flexibility index (Phi) is 5.04. The molecule has 0 N–H and O–H groups in total. The zero-order valence-electron chi connectivity index (χ0n) is 15.9. The summed E-state index contributed by atoms with van der Waals surface area (Å²) in [5.41, 5.74) is 2.61. The summed E-state index contributed by atoms with van der Waals surface area (Å²) in [6, 6.07) is 15.6. The van der Waals surface area contributed by atoms with Crippen LogP contribution < -0.4 is 0 Å². The van der Waals surface area contributed by atoms with Crippen LogP contribution in [0.3, 0.4) is 0 Å². The average Bonchev–Trinajstić information content (AvgIpc) is 3.39. The lowest BCUT2D eigenvalue weighted by Gasteiger charge is -2.33. The topological polar surface area (TPSA) is 68.2 Å². The molecule has 0 aliphatic carbocycles. The summed E-state index contributed by atoms with van der Waals surface area (Å²) in [6.45, 7) is 1.83. The zero-order valence-corrected chi connectivity index (χ0v) is 16.7. The van der Waals surface area contributed by atoms with E-state index in [9.17, 15) is 0 Å². The number of fused-ring (bicyclic) bond motifs is 1. The molecule has 5 rings (SSSR count). The van der Waals surface area contributed by atoms with Crippen molar-refractivity contribution in [1.82, 2.24) is 20.0 Å². The van der Waals surface area contributed by atoms with Gasteiger partial charge in [0.25, 0.3) is 0 Å². The first-order chi connectivity index (χ1) is 14.3. The Morgan fingerprint density at radius 2 is 2.00 bits per heavy atom. The van der Waals surface area contributed by atoms with Crippen molar-refractivity contribution in [2.24, 2.45) is 0 Å². The molecule has 1 atom stereocenters.